The van der Waals surface area contributed by atoms with E-state index in [1.165, 1.54) is 0 Å². The molecule has 4 N–H and O–H groups in total. The Bertz CT molecular complexity index is 1230. The van der Waals surface area contributed by atoms with Crippen molar-refractivity contribution < 1.29 is 14.2 Å². The minimum absolute atomic E-state index is 0.0777. The third-order valence-corrected chi connectivity index (χ3v) is 4.88. The zero-order chi connectivity index (χ0) is 21.3. The number of nitrogens with two attached hydrogens (primary N) is 2. The fourth-order valence-electron chi connectivity index (χ4n) is 3.26. The van der Waals surface area contributed by atoms with Crippen LogP contribution in [-0.4, -0.2) is 42.4 Å². The van der Waals surface area contributed by atoms with Gasteiger partial charge in [0.15, 0.2) is 11.5 Å². The summed E-state index contributed by atoms with van der Waals surface area (Å²) >= 11 is 6.05. The van der Waals surface area contributed by atoms with Gasteiger partial charge in [-0.25, -0.2) is 9.97 Å². The molecule has 0 aliphatic heterocycles. The number of hydrogen-bond acceptors (Lipinski definition) is 8. The van der Waals surface area contributed by atoms with E-state index in [0.717, 1.165) is 10.9 Å². The Hall–Kier alpha value is -3.36. The van der Waals surface area contributed by atoms with Crippen molar-refractivity contribution in [3.8, 4) is 22.8 Å². The molecule has 0 radical (unpaired) electrons. The van der Waals surface area contributed by atoms with E-state index in [0.29, 0.717) is 51.8 Å². The van der Waals surface area contributed by atoms with Crippen LogP contribution < -0.4 is 20.9 Å². The van der Waals surface area contributed by atoms with E-state index in [9.17, 15) is 0 Å². The summed E-state index contributed by atoms with van der Waals surface area (Å²) in [4.78, 5) is 13.4. The first-order valence-electron chi connectivity index (χ1n) is 9.14. The van der Waals surface area contributed by atoms with Crippen molar-refractivity contribution in [2.45, 2.75) is 0 Å². The van der Waals surface area contributed by atoms with Crippen LogP contribution in [0.15, 0.2) is 36.4 Å². The highest BCUT2D eigenvalue weighted by molar-refractivity contribution is 6.30. The second-order valence-corrected chi connectivity index (χ2v) is 6.96. The van der Waals surface area contributed by atoms with Gasteiger partial charge in [0.05, 0.1) is 35.8 Å². The predicted octanol–water partition coefficient (Wildman–Crippen LogP) is 3.70. The zero-order valence-electron chi connectivity index (χ0n) is 16.5. The summed E-state index contributed by atoms with van der Waals surface area (Å²) in [6, 6.07) is 10.9. The molecule has 0 unspecified atom stereocenters. The molecular formula is C21H20ClN5O3. The van der Waals surface area contributed by atoms with E-state index < -0.39 is 0 Å². The number of hydrogen-bond donors (Lipinski definition) is 2. The normalized spacial score (nSPS) is 11.2. The lowest BCUT2D eigenvalue weighted by Gasteiger charge is -2.15. The van der Waals surface area contributed by atoms with Gasteiger partial charge >= 0.3 is 0 Å². The summed E-state index contributed by atoms with van der Waals surface area (Å²) in [7, 11) is 3.18. The second-order valence-electron chi connectivity index (χ2n) is 6.52. The Morgan fingerprint density at radius 2 is 1.70 bits per heavy atom. The van der Waals surface area contributed by atoms with Crippen molar-refractivity contribution in [1.82, 2.24) is 15.0 Å². The number of fused-ring (bicyclic) bond motifs is 3. The Kier molecular flexibility index (Phi) is 5.43. The maximum atomic E-state index is 6.23. The van der Waals surface area contributed by atoms with Gasteiger partial charge in [-0.05, 0) is 18.2 Å². The van der Waals surface area contributed by atoms with Crippen LogP contribution in [0.25, 0.3) is 33.1 Å². The summed E-state index contributed by atoms with van der Waals surface area (Å²) in [6.45, 7) is 0.820. The van der Waals surface area contributed by atoms with Gasteiger partial charge in [0.25, 0.3) is 0 Å². The van der Waals surface area contributed by atoms with Gasteiger partial charge in [-0.3, -0.25) is 0 Å². The standard InChI is InChI=1S/C21H20ClN5O3/c1-28-7-8-30-16-10-14-13(9-15(16)29-2)19-17(20(23)27-21(24)26-19)18(25-14)11-3-5-12(22)6-4-11/h3-6,9-10H,7-8H2,1-2H3,(H4,23,24,26,27). The molecule has 0 aliphatic rings. The fourth-order valence-corrected chi connectivity index (χ4v) is 3.38. The lowest BCUT2D eigenvalue weighted by atomic mass is 10.0. The van der Waals surface area contributed by atoms with Gasteiger partial charge < -0.3 is 25.7 Å². The average molecular weight is 426 g/mol. The summed E-state index contributed by atoms with van der Waals surface area (Å²) in [5.41, 5.74) is 14.8. The molecule has 0 saturated carbocycles. The molecule has 0 bridgehead atoms. The Labute approximate surface area is 177 Å². The van der Waals surface area contributed by atoms with Crippen LogP contribution in [0.1, 0.15) is 0 Å². The molecule has 0 spiro atoms. The number of nitrogens with zero attached hydrogens (tertiary/aromatic N) is 3. The van der Waals surface area contributed by atoms with Crippen LogP contribution in [-0.2, 0) is 4.74 Å². The first-order valence-corrected chi connectivity index (χ1v) is 9.51. The maximum Gasteiger partial charge on any atom is 0.222 e. The molecular weight excluding hydrogens is 406 g/mol. The maximum absolute atomic E-state index is 6.23. The third kappa shape index (κ3) is 3.62. The molecule has 0 amide bonds. The number of pyridine rings is 1. The quantitative estimate of drug-likeness (QED) is 0.354. The third-order valence-electron chi connectivity index (χ3n) is 4.62. The van der Waals surface area contributed by atoms with Gasteiger partial charge in [0, 0.05) is 29.1 Å². The first-order chi connectivity index (χ1) is 14.5. The monoisotopic (exact) mass is 425 g/mol. The van der Waals surface area contributed by atoms with Crippen molar-refractivity contribution in [2.24, 2.45) is 0 Å². The highest BCUT2D eigenvalue weighted by Gasteiger charge is 2.18. The minimum Gasteiger partial charge on any atom is -0.493 e. The molecule has 2 aromatic heterocycles. The molecule has 4 aromatic rings. The van der Waals surface area contributed by atoms with E-state index >= 15 is 0 Å². The van der Waals surface area contributed by atoms with E-state index in [1.54, 1.807) is 32.4 Å². The summed E-state index contributed by atoms with van der Waals surface area (Å²) in [6.07, 6.45) is 0. The van der Waals surface area contributed by atoms with Crippen LogP contribution in [0.5, 0.6) is 11.5 Å². The molecule has 4 rings (SSSR count). The van der Waals surface area contributed by atoms with E-state index in [2.05, 4.69) is 9.97 Å². The molecule has 0 fully saturated rings. The lowest BCUT2D eigenvalue weighted by Crippen LogP contribution is -2.06. The molecule has 8 nitrogen and oxygen atoms in total. The van der Waals surface area contributed by atoms with Gasteiger partial charge in [-0.1, -0.05) is 23.7 Å². The largest absolute Gasteiger partial charge is 0.493 e. The summed E-state index contributed by atoms with van der Waals surface area (Å²) in [5.74, 6) is 1.41. The summed E-state index contributed by atoms with van der Waals surface area (Å²) in [5, 5.41) is 1.95. The highest BCUT2D eigenvalue weighted by Crippen LogP contribution is 2.39. The average Bonchev–Trinajstić information content (AvgIpc) is 2.73. The molecule has 0 saturated heterocycles. The minimum atomic E-state index is 0.0777. The highest BCUT2D eigenvalue weighted by atomic mass is 35.5. The zero-order valence-corrected chi connectivity index (χ0v) is 17.2. The van der Waals surface area contributed by atoms with Crippen LogP contribution in [0.3, 0.4) is 0 Å². The van der Waals surface area contributed by atoms with Crippen molar-refractivity contribution in [3.05, 3.63) is 41.4 Å². The number of rotatable bonds is 6. The Balaban J connectivity index is 2.03. The number of anilines is 2. The molecule has 2 heterocycles. The van der Waals surface area contributed by atoms with Crippen LogP contribution >= 0.6 is 11.6 Å². The van der Waals surface area contributed by atoms with E-state index in [1.807, 2.05) is 18.2 Å². The molecule has 0 aliphatic carbocycles. The molecule has 30 heavy (non-hydrogen) atoms. The van der Waals surface area contributed by atoms with Gasteiger partial charge in [0.1, 0.15) is 12.4 Å². The van der Waals surface area contributed by atoms with Crippen LogP contribution in [0.2, 0.25) is 5.02 Å². The number of aromatic nitrogens is 3. The smallest absolute Gasteiger partial charge is 0.222 e. The van der Waals surface area contributed by atoms with Gasteiger partial charge in [-0.2, -0.15) is 4.98 Å². The van der Waals surface area contributed by atoms with E-state index in [-0.39, 0.29) is 11.8 Å². The lowest BCUT2D eigenvalue weighted by molar-refractivity contribution is 0.144. The van der Waals surface area contributed by atoms with E-state index in [4.69, 9.17) is 42.3 Å². The number of halogens is 1. The Morgan fingerprint density at radius 1 is 0.933 bits per heavy atom. The van der Waals surface area contributed by atoms with Crippen molar-refractivity contribution in [2.75, 3.05) is 38.9 Å². The second kappa shape index (κ2) is 8.17. The van der Waals surface area contributed by atoms with Crippen LogP contribution in [0.4, 0.5) is 11.8 Å². The molecule has 154 valence electrons. The van der Waals surface area contributed by atoms with Gasteiger partial charge in [-0.15, -0.1) is 0 Å². The van der Waals surface area contributed by atoms with Crippen molar-refractivity contribution >= 4 is 45.2 Å². The number of ether oxygens (including phenoxy) is 3. The fraction of sp³-hybridized carbons (Fsp3) is 0.190. The molecule has 0 atom stereocenters. The topological polar surface area (TPSA) is 118 Å². The number of methoxy groups -OCH3 is 2. The predicted molar refractivity (Wildman–Crippen MR) is 118 cm³/mol. The van der Waals surface area contributed by atoms with Crippen molar-refractivity contribution in [3.63, 3.8) is 0 Å². The van der Waals surface area contributed by atoms with Crippen molar-refractivity contribution in [1.29, 1.82) is 0 Å². The Morgan fingerprint density at radius 3 is 2.40 bits per heavy atom. The van der Waals surface area contributed by atoms with Gasteiger partial charge in [0.2, 0.25) is 5.95 Å². The SMILES string of the molecule is COCCOc1cc2nc(-c3ccc(Cl)cc3)c3c(N)nc(N)nc3c2cc1OC. The van der Waals surface area contributed by atoms with Crippen LogP contribution in [0, 0.1) is 0 Å². The molecule has 2 aromatic carbocycles. The number of nitrogen functional groups attached to an aromatic ring is 2. The first kappa shape index (κ1) is 19.9. The summed E-state index contributed by atoms with van der Waals surface area (Å²) < 4.78 is 16.4. The number of benzene rings is 2. The molecule has 9 heteroatoms.